The Morgan fingerprint density at radius 3 is 1.31 bits per heavy atom. The minimum Gasteiger partial charge on any atom is -0.481 e. The van der Waals surface area contributed by atoms with Gasteiger partial charge in [0.05, 0.1) is 5.41 Å². The van der Waals surface area contributed by atoms with Crippen LogP contribution in [0.25, 0.3) is 0 Å². The number of hydrogen-bond acceptors (Lipinski definition) is 1. The molecule has 0 aliphatic rings. The normalized spacial score (nSPS) is 14.7. The van der Waals surface area contributed by atoms with Crippen molar-refractivity contribution < 1.29 is 9.90 Å². The summed E-state index contributed by atoms with van der Waals surface area (Å²) in [5.41, 5.74) is -0.690. The number of hydrogen-bond donors (Lipinski definition) is 1. The lowest BCUT2D eigenvalue weighted by Crippen LogP contribution is -2.50. The first kappa shape index (κ1) is 34.5. The van der Waals surface area contributed by atoms with Gasteiger partial charge in [0.15, 0.2) is 0 Å². The van der Waals surface area contributed by atoms with Gasteiger partial charge in [0.1, 0.15) is 0 Å². The highest BCUT2D eigenvalue weighted by Gasteiger charge is 2.54. The average molecular weight is 495 g/mol. The maximum Gasteiger partial charge on any atom is 0.309 e. The first-order valence-corrected chi connectivity index (χ1v) is 16.1. The van der Waals surface area contributed by atoms with E-state index in [0.717, 1.165) is 25.7 Å². The first-order chi connectivity index (χ1) is 16.9. The molecule has 0 radical (unpaired) electrons. The Labute approximate surface area is 221 Å². The van der Waals surface area contributed by atoms with E-state index >= 15 is 0 Å². The Bertz CT molecular complexity index is 469. The number of carboxylic acids is 1. The highest BCUT2D eigenvalue weighted by molar-refractivity contribution is 5.75. The number of carboxylic acid groups (broad SMARTS) is 1. The summed E-state index contributed by atoms with van der Waals surface area (Å²) in [6.07, 6.45) is 28.7. The predicted octanol–water partition coefficient (Wildman–Crippen LogP) is 11.8. The molecule has 0 rings (SSSR count). The first-order valence-electron chi connectivity index (χ1n) is 16.1. The molecular weight excluding hydrogens is 428 g/mol. The molecule has 0 aromatic heterocycles. The van der Waals surface area contributed by atoms with Gasteiger partial charge in [0.2, 0.25) is 0 Å². The van der Waals surface area contributed by atoms with Crippen LogP contribution >= 0.6 is 0 Å². The van der Waals surface area contributed by atoms with Crippen molar-refractivity contribution >= 4 is 5.97 Å². The molecule has 1 N–H and O–H groups in total. The number of aliphatic carboxylic acids is 1. The van der Waals surface area contributed by atoms with Crippen molar-refractivity contribution in [3.05, 3.63) is 0 Å². The molecule has 0 aliphatic heterocycles. The third-order valence-electron chi connectivity index (χ3n) is 9.41. The standard InChI is InChI=1S/C33H66O2/c1-7-12-15-18-21-24-27-30(10-4)33(32(6,11-5)31(34)35,28-25-22-19-16-13-8-2)29-26-23-20-17-14-9-3/h30H,7-29H2,1-6H3,(H,34,35). The Kier molecular flexibility index (Phi) is 21.2. The molecule has 0 saturated heterocycles. The fraction of sp³-hybridized carbons (Fsp3) is 0.970. The second kappa shape index (κ2) is 21.5. The molecule has 0 bridgehead atoms. The van der Waals surface area contributed by atoms with Crippen LogP contribution in [0.15, 0.2) is 0 Å². The topological polar surface area (TPSA) is 37.3 Å². The zero-order chi connectivity index (χ0) is 26.4. The van der Waals surface area contributed by atoms with Gasteiger partial charge in [-0.25, -0.2) is 0 Å². The molecular formula is C33H66O2. The molecule has 0 aromatic rings. The minimum absolute atomic E-state index is 0.0682. The predicted molar refractivity (Wildman–Crippen MR) is 156 cm³/mol. The largest absolute Gasteiger partial charge is 0.481 e. The van der Waals surface area contributed by atoms with Crippen molar-refractivity contribution in [3.63, 3.8) is 0 Å². The van der Waals surface area contributed by atoms with E-state index in [9.17, 15) is 9.90 Å². The van der Waals surface area contributed by atoms with Gasteiger partial charge in [-0.15, -0.1) is 0 Å². The maximum atomic E-state index is 12.9. The molecule has 0 heterocycles. The van der Waals surface area contributed by atoms with E-state index in [1.807, 2.05) is 0 Å². The summed E-state index contributed by atoms with van der Waals surface area (Å²) in [4.78, 5) is 12.9. The average Bonchev–Trinajstić information content (AvgIpc) is 2.86. The van der Waals surface area contributed by atoms with E-state index in [-0.39, 0.29) is 5.41 Å². The fourth-order valence-corrected chi connectivity index (χ4v) is 6.74. The lowest BCUT2D eigenvalue weighted by Gasteiger charge is -2.52. The van der Waals surface area contributed by atoms with E-state index < -0.39 is 11.4 Å². The van der Waals surface area contributed by atoms with Crippen molar-refractivity contribution in [3.8, 4) is 0 Å². The number of unbranched alkanes of at least 4 members (excludes halogenated alkanes) is 15. The summed E-state index contributed by atoms with van der Waals surface area (Å²) in [5, 5.41) is 10.6. The molecule has 0 aromatic carbocycles. The van der Waals surface area contributed by atoms with Gasteiger partial charge >= 0.3 is 5.97 Å². The molecule has 0 aliphatic carbocycles. The molecule has 2 heteroatoms. The molecule has 0 amide bonds. The van der Waals surface area contributed by atoms with Crippen LogP contribution in [-0.4, -0.2) is 11.1 Å². The third kappa shape index (κ3) is 12.5. The number of rotatable bonds is 26. The van der Waals surface area contributed by atoms with Gasteiger partial charge in [-0.1, -0.05) is 157 Å². The third-order valence-corrected chi connectivity index (χ3v) is 9.41. The van der Waals surface area contributed by atoms with Gasteiger partial charge in [-0.3, -0.25) is 4.79 Å². The van der Waals surface area contributed by atoms with Crippen LogP contribution in [0.2, 0.25) is 0 Å². The summed E-state index contributed by atoms with van der Waals surface area (Å²) in [5.74, 6) is -0.0145. The minimum atomic E-state index is -0.622. The molecule has 0 fully saturated rings. The Morgan fingerprint density at radius 2 is 0.971 bits per heavy atom. The van der Waals surface area contributed by atoms with Gasteiger partial charge < -0.3 is 5.11 Å². The molecule has 210 valence electrons. The molecule has 35 heavy (non-hydrogen) atoms. The Balaban J connectivity index is 5.66. The van der Waals surface area contributed by atoms with E-state index in [2.05, 4.69) is 41.5 Å². The van der Waals surface area contributed by atoms with Crippen molar-refractivity contribution in [1.82, 2.24) is 0 Å². The highest BCUT2D eigenvalue weighted by atomic mass is 16.4. The van der Waals surface area contributed by atoms with Gasteiger partial charge in [-0.05, 0) is 43.9 Å². The van der Waals surface area contributed by atoms with Crippen LogP contribution in [0.5, 0.6) is 0 Å². The Morgan fingerprint density at radius 1 is 0.600 bits per heavy atom. The van der Waals surface area contributed by atoms with E-state index in [1.165, 1.54) is 122 Å². The highest BCUT2D eigenvalue weighted by Crippen LogP contribution is 2.57. The van der Waals surface area contributed by atoms with Crippen molar-refractivity contribution in [2.45, 2.75) is 189 Å². The number of carbonyl (C=O) groups is 1. The van der Waals surface area contributed by atoms with E-state index in [0.29, 0.717) is 5.92 Å². The monoisotopic (exact) mass is 495 g/mol. The summed E-state index contributed by atoms with van der Waals surface area (Å²) in [7, 11) is 0. The van der Waals surface area contributed by atoms with Crippen molar-refractivity contribution in [2.75, 3.05) is 0 Å². The van der Waals surface area contributed by atoms with Crippen LogP contribution < -0.4 is 0 Å². The second-order valence-corrected chi connectivity index (χ2v) is 11.8. The summed E-state index contributed by atoms with van der Waals surface area (Å²) in [6.45, 7) is 13.4. The van der Waals surface area contributed by atoms with E-state index in [1.54, 1.807) is 0 Å². The Hall–Kier alpha value is -0.530. The molecule has 2 unspecified atom stereocenters. The summed E-state index contributed by atoms with van der Waals surface area (Å²) < 4.78 is 0. The van der Waals surface area contributed by atoms with Crippen LogP contribution in [0.1, 0.15) is 189 Å². The fourth-order valence-electron chi connectivity index (χ4n) is 6.74. The smallest absolute Gasteiger partial charge is 0.309 e. The van der Waals surface area contributed by atoms with Crippen molar-refractivity contribution in [2.24, 2.45) is 16.7 Å². The summed E-state index contributed by atoms with van der Waals surface area (Å²) >= 11 is 0. The van der Waals surface area contributed by atoms with Crippen LogP contribution in [0.3, 0.4) is 0 Å². The quantitative estimate of drug-likeness (QED) is 0.121. The van der Waals surface area contributed by atoms with E-state index in [4.69, 9.17) is 0 Å². The van der Waals surface area contributed by atoms with Gasteiger partial charge in [0.25, 0.3) is 0 Å². The van der Waals surface area contributed by atoms with Crippen LogP contribution in [-0.2, 0) is 4.79 Å². The summed E-state index contributed by atoms with van der Waals surface area (Å²) in [6, 6.07) is 0. The molecule has 2 atom stereocenters. The lowest BCUT2D eigenvalue weighted by atomic mass is 9.51. The second-order valence-electron chi connectivity index (χ2n) is 11.8. The molecule has 2 nitrogen and oxygen atoms in total. The van der Waals surface area contributed by atoms with Gasteiger partial charge in [0, 0.05) is 0 Å². The molecule has 0 saturated carbocycles. The van der Waals surface area contributed by atoms with Crippen molar-refractivity contribution in [1.29, 1.82) is 0 Å². The molecule has 0 spiro atoms. The zero-order valence-electron chi connectivity index (χ0n) is 25.2. The van der Waals surface area contributed by atoms with Crippen LogP contribution in [0, 0.1) is 16.7 Å². The maximum absolute atomic E-state index is 12.9. The lowest BCUT2D eigenvalue weighted by molar-refractivity contribution is -0.164. The SMILES string of the molecule is CCCCCCCCC(CC)C(CCCCCCCC)(CCCCCCCC)C(C)(CC)C(=O)O. The van der Waals surface area contributed by atoms with Gasteiger partial charge in [-0.2, -0.15) is 0 Å². The van der Waals surface area contributed by atoms with Crippen LogP contribution in [0.4, 0.5) is 0 Å². The zero-order valence-corrected chi connectivity index (χ0v) is 25.2.